The molecule has 0 radical (unpaired) electrons. The predicted octanol–water partition coefficient (Wildman–Crippen LogP) is 3.39. The van der Waals surface area contributed by atoms with Gasteiger partial charge in [-0.1, -0.05) is 6.07 Å². The van der Waals surface area contributed by atoms with Gasteiger partial charge in [0.05, 0.1) is 0 Å². The van der Waals surface area contributed by atoms with Crippen LogP contribution in [0.25, 0.3) is 10.9 Å². The van der Waals surface area contributed by atoms with Crippen molar-refractivity contribution in [3.63, 3.8) is 0 Å². The van der Waals surface area contributed by atoms with E-state index in [9.17, 15) is 0 Å². The molecule has 0 amide bonds. The molecule has 0 unspecified atom stereocenters. The van der Waals surface area contributed by atoms with Gasteiger partial charge in [0.25, 0.3) is 0 Å². The summed E-state index contributed by atoms with van der Waals surface area (Å²) in [5.41, 5.74) is 9.24. The summed E-state index contributed by atoms with van der Waals surface area (Å²) in [6.07, 6.45) is 2.59. The second kappa shape index (κ2) is 2.76. The minimum absolute atomic E-state index is 0.719. The van der Waals surface area contributed by atoms with Crippen LogP contribution in [0.2, 0.25) is 0 Å². The summed E-state index contributed by atoms with van der Waals surface area (Å²) in [7, 11) is 0. The van der Waals surface area contributed by atoms with Gasteiger partial charge in [-0.15, -0.1) is 0 Å². The van der Waals surface area contributed by atoms with Crippen molar-refractivity contribution in [2.45, 2.75) is 18.8 Å². The van der Waals surface area contributed by atoms with Crippen LogP contribution in [0.5, 0.6) is 0 Å². The van der Waals surface area contributed by atoms with E-state index in [2.05, 4.69) is 27.0 Å². The molecule has 1 aromatic heterocycles. The Kier molecular flexibility index (Phi) is 1.65. The molecule has 0 aliphatic heterocycles. The molecule has 2 aromatic rings. The number of nitrogen functional groups attached to an aromatic ring is 1. The summed E-state index contributed by atoms with van der Waals surface area (Å²) >= 11 is 3.63. The Labute approximate surface area is 90.6 Å². The van der Waals surface area contributed by atoms with Crippen molar-refractivity contribution in [2.24, 2.45) is 0 Å². The molecule has 0 bridgehead atoms. The third kappa shape index (κ3) is 1.08. The molecule has 14 heavy (non-hydrogen) atoms. The molecule has 72 valence electrons. The fourth-order valence-corrected chi connectivity index (χ4v) is 2.77. The molecular formula is C11H11BrN2. The molecule has 3 heteroatoms. The number of hydrogen-bond acceptors (Lipinski definition) is 1. The van der Waals surface area contributed by atoms with Crippen molar-refractivity contribution in [2.75, 3.05) is 5.73 Å². The monoisotopic (exact) mass is 250 g/mol. The lowest BCUT2D eigenvalue weighted by molar-refractivity contribution is 1.05. The molecule has 1 heterocycles. The van der Waals surface area contributed by atoms with Crippen molar-refractivity contribution in [3.8, 4) is 0 Å². The van der Waals surface area contributed by atoms with E-state index in [-0.39, 0.29) is 0 Å². The molecule has 0 atom stereocenters. The number of aromatic nitrogens is 1. The highest BCUT2D eigenvalue weighted by molar-refractivity contribution is 9.10. The number of nitrogens with two attached hydrogens (primary N) is 1. The van der Waals surface area contributed by atoms with E-state index in [4.69, 9.17) is 5.73 Å². The Balaban J connectivity index is 2.34. The minimum atomic E-state index is 0.719. The molecule has 0 spiro atoms. The molecule has 2 nitrogen and oxygen atoms in total. The zero-order valence-electron chi connectivity index (χ0n) is 7.68. The molecule has 1 saturated carbocycles. The third-order valence-electron chi connectivity index (χ3n) is 2.81. The highest BCUT2D eigenvalue weighted by Crippen LogP contribution is 2.46. The van der Waals surface area contributed by atoms with Gasteiger partial charge in [-0.25, -0.2) is 0 Å². The molecular weight excluding hydrogens is 240 g/mol. The molecule has 0 saturated heterocycles. The molecule has 1 aromatic carbocycles. The number of nitrogens with one attached hydrogen (secondary N) is 1. The van der Waals surface area contributed by atoms with Crippen molar-refractivity contribution in [1.82, 2.24) is 4.98 Å². The van der Waals surface area contributed by atoms with E-state index in [0.29, 0.717) is 0 Å². The Bertz CT molecular complexity index is 497. The van der Waals surface area contributed by atoms with Gasteiger partial charge in [-0.2, -0.15) is 0 Å². The zero-order chi connectivity index (χ0) is 9.71. The largest absolute Gasteiger partial charge is 0.398 e. The first kappa shape index (κ1) is 8.36. The molecule has 1 aliphatic carbocycles. The van der Waals surface area contributed by atoms with E-state index in [1.54, 1.807) is 0 Å². The van der Waals surface area contributed by atoms with Crippen molar-refractivity contribution >= 4 is 32.5 Å². The Morgan fingerprint density at radius 1 is 1.36 bits per heavy atom. The lowest BCUT2D eigenvalue weighted by Crippen LogP contribution is -1.84. The van der Waals surface area contributed by atoms with Crippen LogP contribution in [-0.4, -0.2) is 4.98 Å². The summed E-state index contributed by atoms with van der Waals surface area (Å²) in [5.74, 6) is 0.719. The van der Waals surface area contributed by atoms with Crippen molar-refractivity contribution in [3.05, 3.63) is 28.4 Å². The predicted molar refractivity (Wildman–Crippen MR) is 62.4 cm³/mol. The quantitative estimate of drug-likeness (QED) is 0.749. The van der Waals surface area contributed by atoms with Gasteiger partial charge in [-0.3, -0.25) is 0 Å². The number of aromatic amines is 1. The molecule has 1 fully saturated rings. The second-order valence-electron chi connectivity index (χ2n) is 3.90. The van der Waals surface area contributed by atoms with E-state index >= 15 is 0 Å². The van der Waals surface area contributed by atoms with E-state index in [0.717, 1.165) is 27.0 Å². The highest BCUT2D eigenvalue weighted by atomic mass is 79.9. The summed E-state index contributed by atoms with van der Waals surface area (Å²) in [6, 6.07) is 6.00. The number of halogens is 1. The van der Waals surface area contributed by atoms with Crippen LogP contribution in [0.3, 0.4) is 0 Å². The lowest BCUT2D eigenvalue weighted by Gasteiger charge is -1.95. The van der Waals surface area contributed by atoms with E-state index < -0.39 is 0 Å². The van der Waals surface area contributed by atoms with Gasteiger partial charge in [0.2, 0.25) is 0 Å². The Morgan fingerprint density at radius 2 is 2.14 bits per heavy atom. The maximum atomic E-state index is 5.94. The highest BCUT2D eigenvalue weighted by Gasteiger charge is 2.28. The summed E-state index contributed by atoms with van der Waals surface area (Å²) < 4.78 is 1.16. The number of benzene rings is 1. The van der Waals surface area contributed by atoms with Crippen LogP contribution < -0.4 is 5.73 Å². The maximum Gasteiger partial charge on any atom is 0.0488 e. The van der Waals surface area contributed by atoms with Crippen LogP contribution in [0.15, 0.2) is 22.7 Å². The average Bonchev–Trinajstić information content (AvgIpc) is 2.93. The lowest BCUT2D eigenvalue weighted by atomic mass is 10.2. The first-order valence-electron chi connectivity index (χ1n) is 4.83. The maximum absolute atomic E-state index is 5.94. The van der Waals surface area contributed by atoms with Crippen molar-refractivity contribution in [1.29, 1.82) is 0 Å². The summed E-state index contributed by atoms with van der Waals surface area (Å²) in [6.45, 7) is 0. The van der Waals surface area contributed by atoms with Gasteiger partial charge in [0.15, 0.2) is 0 Å². The fraction of sp³-hybridized carbons (Fsp3) is 0.273. The van der Waals surface area contributed by atoms with Gasteiger partial charge < -0.3 is 10.7 Å². The van der Waals surface area contributed by atoms with Crippen LogP contribution in [0.1, 0.15) is 24.5 Å². The first-order valence-corrected chi connectivity index (χ1v) is 5.62. The van der Waals surface area contributed by atoms with Gasteiger partial charge in [0, 0.05) is 32.7 Å². The van der Waals surface area contributed by atoms with Gasteiger partial charge in [-0.05, 0) is 40.9 Å². The zero-order valence-corrected chi connectivity index (χ0v) is 9.26. The van der Waals surface area contributed by atoms with Crippen LogP contribution in [0, 0.1) is 0 Å². The van der Waals surface area contributed by atoms with Gasteiger partial charge >= 0.3 is 0 Å². The van der Waals surface area contributed by atoms with Crippen LogP contribution in [0.4, 0.5) is 5.69 Å². The Hall–Kier alpha value is -0.960. The SMILES string of the molecule is Nc1cccc2[nH]c(C3CC3)c(Br)c12. The summed E-state index contributed by atoms with van der Waals surface area (Å²) in [5, 5.41) is 1.13. The third-order valence-corrected chi connectivity index (χ3v) is 3.63. The fourth-order valence-electron chi connectivity index (χ4n) is 1.91. The number of fused-ring (bicyclic) bond motifs is 1. The smallest absolute Gasteiger partial charge is 0.0488 e. The Morgan fingerprint density at radius 3 is 2.79 bits per heavy atom. The molecule has 1 aliphatic rings. The van der Waals surface area contributed by atoms with Crippen LogP contribution in [-0.2, 0) is 0 Å². The number of rotatable bonds is 1. The average molecular weight is 251 g/mol. The van der Waals surface area contributed by atoms with E-state index in [1.165, 1.54) is 18.5 Å². The van der Waals surface area contributed by atoms with Crippen molar-refractivity contribution < 1.29 is 0 Å². The summed E-state index contributed by atoms with van der Waals surface area (Å²) in [4.78, 5) is 3.44. The standard InChI is InChI=1S/C11H11BrN2/c12-10-9-7(13)2-1-3-8(9)14-11(10)6-4-5-6/h1-3,6,14H,4-5,13H2. The normalized spacial score (nSPS) is 16.4. The topological polar surface area (TPSA) is 41.8 Å². The molecule has 3 rings (SSSR count). The minimum Gasteiger partial charge on any atom is -0.398 e. The molecule has 3 N–H and O–H groups in total. The second-order valence-corrected chi connectivity index (χ2v) is 4.69. The first-order chi connectivity index (χ1) is 6.77. The number of H-pyrrole nitrogens is 1. The number of hydrogen-bond donors (Lipinski definition) is 2. The number of anilines is 1. The van der Waals surface area contributed by atoms with Gasteiger partial charge in [0.1, 0.15) is 0 Å². The van der Waals surface area contributed by atoms with Crippen LogP contribution >= 0.6 is 15.9 Å². The van der Waals surface area contributed by atoms with E-state index in [1.807, 2.05) is 12.1 Å².